The molecule has 0 saturated carbocycles. The Balaban J connectivity index is 2.41. The Morgan fingerprint density at radius 1 is 1.25 bits per heavy atom. The quantitative estimate of drug-likeness (QED) is 0.508. The van der Waals surface area contributed by atoms with Crippen molar-refractivity contribution in [3.63, 3.8) is 0 Å². The molecule has 2 rings (SSSR count). The summed E-state index contributed by atoms with van der Waals surface area (Å²) in [6, 6.07) is 8.96. The number of aryl methyl sites for hydroxylation is 2. The minimum absolute atomic E-state index is 0.0424. The topological polar surface area (TPSA) is 130 Å². The lowest BCUT2D eigenvalue weighted by molar-refractivity contribution is -0.384. The Morgan fingerprint density at radius 2 is 1.93 bits per heavy atom. The van der Waals surface area contributed by atoms with E-state index in [-0.39, 0.29) is 22.8 Å². The van der Waals surface area contributed by atoms with Crippen molar-refractivity contribution in [1.29, 1.82) is 0 Å². The van der Waals surface area contributed by atoms with E-state index in [9.17, 15) is 23.3 Å². The van der Waals surface area contributed by atoms with Gasteiger partial charge in [-0.25, -0.2) is 8.42 Å². The average molecular weight is 407 g/mol. The number of non-ortho nitro benzene ring substituents is 1. The summed E-state index contributed by atoms with van der Waals surface area (Å²) in [5.41, 5.74) is 1.87. The first-order valence-electron chi connectivity index (χ1n) is 8.29. The molecule has 0 saturated heterocycles. The largest absolute Gasteiger partial charge is 0.480 e. The first-order chi connectivity index (χ1) is 13.0. The number of aliphatic carboxylic acids is 1. The molecule has 28 heavy (non-hydrogen) atoms. The van der Waals surface area contributed by atoms with Gasteiger partial charge in [-0.3, -0.25) is 14.9 Å². The van der Waals surface area contributed by atoms with Crippen molar-refractivity contribution in [2.45, 2.75) is 25.3 Å². The molecule has 0 unspecified atom stereocenters. The smallest absolute Gasteiger partial charge is 0.322 e. The number of anilines is 1. The van der Waals surface area contributed by atoms with Crippen LogP contribution in [0.1, 0.15) is 16.7 Å². The zero-order valence-corrected chi connectivity index (χ0v) is 16.5. The van der Waals surface area contributed by atoms with E-state index < -0.39 is 27.5 Å². The van der Waals surface area contributed by atoms with E-state index in [1.165, 1.54) is 31.3 Å². The molecule has 2 aromatic carbocycles. The SMILES string of the molecule is Cc1cc(C)c(NCC(=O)O)c(S(=O)(=O)N(C)Cc2cccc([N+](=O)[O-])c2)c1. The molecule has 0 aliphatic rings. The van der Waals surface area contributed by atoms with Gasteiger partial charge in [0.15, 0.2) is 0 Å². The van der Waals surface area contributed by atoms with Gasteiger partial charge in [0.05, 0.1) is 10.6 Å². The highest BCUT2D eigenvalue weighted by Gasteiger charge is 2.26. The van der Waals surface area contributed by atoms with Gasteiger partial charge in [0.25, 0.3) is 5.69 Å². The highest BCUT2D eigenvalue weighted by Crippen LogP contribution is 2.30. The maximum absolute atomic E-state index is 13.1. The van der Waals surface area contributed by atoms with Gasteiger partial charge < -0.3 is 10.4 Å². The monoisotopic (exact) mass is 407 g/mol. The third-order valence-electron chi connectivity index (χ3n) is 4.07. The average Bonchev–Trinajstić information content (AvgIpc) is 2.60. The summed E-state index contributed by atoms with van der Waals surface area (Å²) in [5.74, 6) is -1.12. The summed E-state index contributed by atoms with van der Waals surface area (Å²) in [6.45, 7) is 2.93. The van der Waals surface area contributed by atoms with Gasteiger partial charge in [0.2, 0.25) is 10.0 Å². The third-order valence-corrected chi connectivity index (χ3v) is 5.90. The summed E-state index contributed by atoms with van der Waals surface area (Å²) >= 11 is 0. The number of sulfonamides is 1. The fraction of sp³-hybridized carbons (Fsp3) is 0.278. The van der Waals surface area contributed by atoms with Crippen molar-refractivity contribution in [2.24, 2.45) is 0 Å². The Morgan fingerprint density at radius 3 is 2.54 bits per heavy atom. The zero-order valence-electron chi connectivity index (χ0n) is 15.7. The minimum atomic E-state index is -3.99. The summed E-state index contributed by atoms with van der Waals surface area (Å²) in [5, 5.41) is 22.5. The number of rotatable bonds is 8. The number of carboxylic acid groups (broad SMARTS) is 1. The van der Waals surface area contributed by atoms with Crippen LogP contribution in [0.5, 0.6) is 0 Å². The molecule has 0 amide bonds. The normalized spacial score (nSPS) is 11.4. The molecule has 0 heterocycles. The van der Waals surface area contributed by atoms with E-state index in [1.54, 1.807) is 26.0 Å². The molecule has 0 radical (unpaired) electrons. The lowest BCUT2D eigenvalue weighted by Gasteiger charge is -2.21. The number of hydrogen-bond donors (Lipinski definition) is 2. The molecule has 0 fully saturated rings. The van der Waals surface area contributed by atoms with Gasteiger partial charge in [0, 0.05) is 25.7 Å². The number of nitro groups is 1. The highest BCUT2D eigenvalue weighted by molar-refractivity contribution is 7.89. The fourth-order valence-electron chi connectivity index (χ4n) is 2.80. The molecular formula is C18H21N3O6S. The third kappa shape index (κ3) is 4.84. The van der Waals surface area contributed by atoms with Crippen molar-refractivity contribution in [3.8, 4) is 0 Å². The van der Waals surface area contributed by atoms with Crippen molar-refractivity contribution < 1.29 is 23.2 Å². The molecule has 0 atom stereocenters. The predicted octanol–water partition coefficient (Wildman–Crippen LogP) is 2.53. The molecule has 0 aromatic heterocycles. The van der Waals surface area contributed by atoms with E-state index in [1.807, 2.05) is 0 Å². The van der Waals surface area contributed by atoms with E-state index in [0.717, 1.165) is 4.31 Å². The van der Waals surface area contributed by atoms with Crippen LogP contribution in [-0.2, 0) is 21.4 Å². The van der Waals surface area contributed by atoms with Crippen LogP contribution in [0.4, 0.5) is 11.4 Å². The lowest BCUT2D eigenvalue weighted by Crippen LogP contribution is -2.28. The first kappa shape index (κ1) is 21.3. The minimum Gasteiger partial charge on any atom is -0.480 e. The fourth-order valence-corrected chi connectivity index (χ4v) is 4.28. The van der Waals surface area contributed by atoms with E-state index in [0.29, 0.717) is 16.7 Å². The van der Waals surface area contributed by atoms with Crippen molar-refractivity contribution in [2.75, 3.05) is 18.9 Å². The standard InChI is InChI=1S/C18H21N3O6S/c1-12-7-13(2)18(19-10-17(22)23)16(8-12)28(26,27)20(3)11-14-5-4-6-15(9-14)21(24)25/h4-9,19H,10-11H2,1-3H3,(H,22,23). The molecule has 9 nitrogen and oxygen atoms in total. The second kappa shape index (κ2) is 8.36. The molecule has 0 aliphatic heterocycles. The highest BCUT2D eigenvalue weighted by atomic mass is 32.2. The summed E-state index contributed by atoms with van der Waals surface area (Å²) < 4.78 is 27.3. The molecule has 150 valence electrons. The van der Waals surface area contributed by atoms with Crippen LogP contribution in [0.2, 0.25) is 0 Å². The molecule has 0 aliphatic carbocycles. The van der Waals surface area contributed by atoms with Crippen molar-refractivity contribution in [3.05, 3.63) is 63.2 Å². The van der Waals surface area contributed by atoms with Gasteiger partial charge in [-0.2, -0.15) is 4.31 Å². The van der Waals surface area contributed by atoms with Gasteiger partial charge in [0.1, 0.15) is 11.4 Å². The summed E-state index contributed by atoms with van der Waals surface area (Å²) in [4.78, 5) is 21.2. The molecule has 2 aromatic rings. The van der Waals surface area contributed by atoms with Gasteiger partial charge >= 0.3 is 5.97 Å². The Bertz CT molecular complexity index is 1020. The van der Waals surface area contributed by atoms with E-state index in [4.69, 9.17) is 5.11 Å². The van der Waals surface area contributed by atoms with Crippen LogP contribution in [0.15, 0.2) is 41.3 Å². The number of benzene rings is 2. The Labute approximate surface area is 162 Å². The number of nitrogens with zero attached hydrogens (tertiary/aromatic N) is 2. The van der Waals surface area contributed by atoms with Crippen LogP contribution in [0.3, 0.4) is 0 Å². The van der Waals surface area contributed by atoms with Gasteiger partial charge in [-0.15, -0.1) is 0 Å². The number of nitro benzene ring substituents is 1. The molecule has 10 heteroatoms. The molecule has 0 bridgehead atoms. The number of hydrogen-bond acceptors (Lipinski definition) is 6. The summed E-state index contributed by atoms with van der Waals surface area (Å²) in [7, 11) is -2.62. The van der Waals surface area contributed by atoms with Crippen LogP contribution < -0.4 is 5.32 Å². The molecule has 0 spiro atoms. The second-order valence-electron chi connectivity index (χ2n) is 6.39. The van der Waals surface area contributed by atoms with Gasteiger partial charge in [-0.1, -0.05) is 18.2 Å². The van der Waals surface area contributed by atoms with E-state index >= 15 is 0 Å². The van der Waals surface area contributed by atoms with Crippen LogP contribution in [0.25, 0.3) is 0 Å². The molecular weight excluding hydrogens is 386 g/mol. The van der Waals surface area contributed by atoms with Crippen LogP contribution in [0, 0.1) is 24.0 Å². The molecule has 2 N–H and O–H groups in total. The van der Waals surface area contributed by atoms with E-state index in [2.05, 4.69) is 5.32 Å². The first-order valence-corrected chi connectivity index (χ1v) is 9.73. The summed E-state index contributed by atoms with van der Waals surface area (Å²) in [6.07, 6.45) is 0. The number of carbonyl (C=O) groups is 1. The number of carboxylic acids is 1. The number of nitrogens with one attached hydrogen (secondary N) is 1. The zero-order chi connectivity index (χ0) is 21.1. The Hall–Kier alpha value is -2.98. The van der Waals surface area contributed by atoms with Crippen LogP contribution >= 0.6 is 0 Å². The lowest BCUT2D eigenvalue weighted by atomic mass is 10.1. The van der Waals surface area contributed by atoms with Crippen molar-refractivity contribution in [1.82, 2.24) is 4.31 Å². The van der Waals surface area contributed by atoms with Crippen molar-refractivity contribution >= 4 is 27.4 Å². The van der Waals surface area contributed by atoms with Crippen LogP contribution in [-0.4, -0.2) is 42.3 Å². The maximum Gasteiger partial charge on any atom is 0.322 e. The van der Waals surface area contributed by atoms with Gasteiger partial charge in [-0.05, 0) is 36.6 Å². The second-order valence-corrected chi connectivity index (χ2v) is 8.40. The predicted molar refractivity (Wildman–Crippen MR) is 104 cm³/mol. The maximum atomic E-state index is 13.1. The Kier molecular flexibility index (Phi) is 6.37.